The van der Waals surface area contributed by atoms with Crippen LogP contribution in [0.4, 0.5) is 0 Å². The molecule has 0 aliphatic rings. The van der Waals surface area contributed by atoms with Crippen molar-refractivity contribution in [2.75, 3.05) is 14.2 Å². The fourth-order valence-corrected chi connectivity index (χ4v) is 1.82. The predicted octanol–water partition coefficient (Wildman–Crippen LogP) is 2.29. The molecule has 0 saturated heterocycles. The SMILES string of the molecule is C#Cc1c(OC)ccc(OC)c1I. The van der Waals surface area contributed by atoms with Crippen LogP contribution in [0.1, 0.15) is 5.56 Å². The van der Waals surface area contributed by atoms with Crippen molar-refractivity contribution in [1.29, 1.82) is 0 Å². The lowest BCUT2D eigenvalue weighted by atomic mass is 10.2. The minimum absolute atomic E-state index is 0.702. The second kappa shape index (κ2) is 4.38. The molecule has 0 spiro atoms. The highest BCUT2D eigenvalue weighted by Crippen LogP contribution is 2.30. The van der Waals surface area contributed by atoms with E-state index in [4.69, 9.17) is 15.9 Å². The number of benzene rings is 1. The highest BCUT2D eigenvalue weighted by Gasteiger charge is 2.09. The van der Waals surface area contributed by atoms with Gasteiger partial charge >= 0.3 is 0 Å². The molecule has 0 aromatic heterocycles. The van der Waals surface area contributed by atoms with Crippen LogP contribution >= 0.6 is 22.6 Å². The maximum Gasteiger partial charge on any atom is 0.135 e. The van der Waals surface area contributed by atoms with Gasteiger partial charge in [0.2, 0.25) is 0 Å². The third-order valence-corrected chi connectivity index (χ3v) is 2.72. The van der Waals surface area contributed by atoms with Gasteiger partial charge in [-0.3, -0.25) is 0 Å². The quantitative estimate of drug-likeness (QED) is 0.614. The summed E-state index contributed by atoms with van der Waals surface area (Å²) in [6.07, 6.45) is 5.36. The summed E-state index contributed by atoms with van der Waals surface area (Å²) < 4.78 is 11.1. The normalized spacial score (nSPS) is 9.08. The molecule has 0 N–H and O–H groups in total. The number of ether oxygens (including phenoxy) is 2. The summed E-state index contributed by atoms with van der Waals surface area (Å²) >= 11 is 2.14. The van der Waals surface area contributed by atoms with Crippen LogP contribution in [0.25, 0.3) is 0 Å². The van der Waals surface area contributed by atoms with E-state index in [1.165, 1.54) is 0 Å². The maximum atomic E-state index is 5.36. The van der Waals surface area contributed by atoms with Crippen LogP contribution in [-0.2, 0) is 0 Å². The topological polar surface area (TPSA) is 18.5 Å². The number of rotatable bonds is 2. The summed E-state index contributed by atoms with van der Waals surface area (Å²) in [4.78, 5) is 0. The van der Waals surface area contributed by atoms with Gasteiger partial charge in [-0.15, -0.1) is 6.42 Å². The zero-order chi connectivity index (χ0) is 9.84. The first-order valence-corrected chi connectivity index (χ1v) is 4.69. The van der Waals surface area contributed by atoms with Crippen molar-refractivity contribution in [3.05, 3.63) is 21.3 Å². The summed E-state index contributed by atoms with van der Waals surface area (Å²) in [7, 11) is 3.21. The van der Waals surface area contributed by atoms with E-state index in [2.05, 4.69) is 28.5 Å². The van der Waals surface area contributed by atoms with E-state index < -0.39 is 0 Å². The van der Waals surface area contributed by atoms with Crippen LogP contribution in [0.5, 0.6) is 11.5 Å². The highest BCUT2D eigenvalue weighted by atomic mass is 127. The van der Waals surface area contributed by atoms with Crippen molar-refractivity contribution in [2.24, 2.45) is 0 Å². The molecule has 1 aromatic carbocycles. The van der Waals surface area contributed by atoms with Gasteiger partial charge in [-0.1, -0.05) is 5.92 Å². The number of halogens is 1. The van der Waals surface area contributed by atoms with Crippen LogP contribution < -0.4 is 9.47 Å². The van der Waals surface area contributed by atoms with Crippen LogP contribution in [0.15, 0.2) is 12.1 Å². The molecule has 0 aliphatic heterocycles. The van der Waals surface area contributed by atoms with Crippen molar-refractivity contribution in [3.63, 3.8) is 0 Å². The largest absolute Gasteiger partial charge is 0.496 e. The lowest BCUT2D eigenvalue weighted by Gasteiger charge is -2.08. The molecule has 0 bridgehead atoms. The first kappa shape index (κ1) is 10.2. The number of terminal acetylenes is 1. The summed E-state index contributed by atoms with van der Waals surface area (Å²) in [6.45, 7) is 0. The van der Waals surface area contributed by atoms with E-state index in [-0.39, 0.29) is 0 Å². The van der Waals surface area contributed by atoms with E-state index >= 15 is 0 Å². The molecule has 1 aromatic rings. The molecule has 0 fully saturated rings. The molecule has 0 unspecified atom stereocenters. The molecule has 2 nitrogen and oxygen atoms in total. The van der Waals surface area contributed by atoms with Gasteiger partial charge in [-0.2, -0.15) is 0 Å². The Labute approximate surface area is 91.4 Å². The molecule has 0 heterocycles. The third-order valence-electron chi connectivity index (χ3n) is 1.65. The van der Waals surface area contributed by atoms with Crippen LogP contribution in [-0.4, -0.2) is 14.2 Å². The van der Waals surface area contributed by atoms with Gasteiger partial charge in [0.25, 0.3) is 0 Å². The summed E-state index contributed by atoms with van der Waals surface area (Å²) in [5.74, 6) is 4.05. The number of hydrogen-bond donors (Lipinski definition) is 0. The zero-order valence-electron chi connectivity index (χ0n) is 7.43. The molecule has 0 aliphatic carbocycles. The monoisotopic (exact) mass is 288 g/mol. The number of hydrogen-bond acceptors (Lipinski definition) is 2. The Morgan fingerprint density at radius 1 is 1.23 bits per heavy atom. The fourth-order valence-electron chi connectivity index (χ4n) is 1.00. The maximum absolute atomic E-state index is 5.36. The van der Waals surface area contributed by atoms with Gasteiger partial charge in [0.15, 0.2) is 0 Å². The van der Waals surface area contributed by atoms with E-state index in [0.29, 0.717) is 5.75 Å². The van der Waals surface area contributed by atoms with E-state index in [0.717, 1.165) is 14.9 Å². The number of methoxy groups -OCH3 is 2. The van der Waals surface area contributed by atoms with Gasteiger partial charge in [0.05, 0.1) is 23.4 Å². The molecule has 0 amide bonds. The van der Waals surface area contributed by atoms with E-state index in [1.807, 2.05) is 6.07 Å². The summed E-state index contributed by atoms with van der Waals surface area (Å²) in [6, 6.07) is 3.64. The third kappa shape index (κ3) is 1.89. The first-order valence-electron chi connectivity index (χ1n) is 3.61. The second-order valence-corrected chi connectivity index (χ2v) is 3.38. The Hall–Kier alpha value is -0.890. The Balaban J connectivity index is 3.34. The van der Waals surface area contributed by atoms with Gasteiger partial charge in [-0.25, -0.2) is 0 Å². The molecule has 0 radical (unpaired) electrons. The van der Waals surface area contributed by atoms with E-state index in [9.17, 15) is 0 Å². The first-order chi connectivity index (χ1) is 6.24. The molecule has 0 atom stereocenters. The van der Waals surface area contributed by atoms with Gasteiger partial charge < -0.3 is 9.47 Å². The highest BCUT2D eigenvalue weighted by molar-refractivity contribution is 14.1. The molecule has 68 valence electrons. The molecule has 0 saturated carbocycles. The summed E-state index contributed by atoms with van der Waals surface area (Å²) in [5.41, 5.74) is 0.738. The average Bonchev–Trinajstić information content (AvgIpc) is 2.17. The summed E-state index contributed by atoms with van der Waals surface area (Å²) in [5, 5.41) is 0. The Bertz CT molecular complexity index is 353. The van der Waals surface area contributed by atoms with Crippen molar-refractivity contribution in [1.82, 2.24) is 0 Å². The van der Waals surface area contributed by atoms with Crippen LogP contribution in [0, 0.1) is 15.9 Å². The van der Waals surface area contributed by atoms with Gasteiger partial charge in [0, 0.05) is 0 Å². The van der Waals surface area contributed by atoms with Gasteiger partial charge in [0.1, 0.15) is 11.5 Å². The second-order valence-electron chi connectivity index (χ2n) is 2.30. The zero-order valence-corrected chi connectivity index (χ0v) is 9.58. The van der Waals surface area contributed by atoms with E-state index in [1.54, 1.807) is 20.3 Å². The molecule has 1 rings (SSSR count). The average molecular weight is 288 g/mol. The van der Waals surface area contributed by atoms with Crippen molar-refractivity contribution in [3.8, 4) is 23.8 Å². The molecule has 3 heteroatoms. The Morgan fingerprint density at radius 2 is 1.77 bits per heavy atom. The fraction of sp³-hybridized carbons (Fsp3) is 0.200. The smallest absolute Gasteiger partial charge is 0.135 e. The lowest BCUT2D eigenvalue weighted by Crippen LogP contribution is -1.94. The Kier molecular flexibility index (Phi) is 3.43. The van der Waals surface area contributed by atoms with Crippen LogP contribution in [0.2, 0.25) is 0 Å². The van der Waals surface area contributed by atoms with Crippen LogP contribution in [0.3, 0.4) is 0 Å². The molecular formula is C10H9IO2. The predicted molar refractivity (Wildman–Crippen MR) is 60.2 cm³/mol. The van der Waals surface area contributed by atoms with Crippen molar-refractivity contribution in [2.45, 2.75) is 0 Å². The lowest BCUT2D eigenvalue weighted by molar-refractivity contribution is 0.399. The minimum Gasteiger partial charge on any atom is -0.496 e. The van der Waals surface area contributed by atoms with Gasteiger partial charge in [-0.05, 0) is 34.7 Å². The molecule has 13 heavy (non-hydrogen) atoms. The van der Waals surface area contributed by atoms with Crippen molar-refractivity contribution < 1.29 is 9.47 Å². The van der Waals surface area contributed by atoms with Crippen molar-refractivity contribution >= 4 is 22.6 Å². The standard InChI is InChI=1S/C10H9IO2/c1-4-7-8(12-2)5-6-9(13-3)10(7)11/h1,5-6H,2-3H3. The minimum atomic E-state index is 0.702. The molecular weight excluding hydrogens is 279 g/mol. The Morgan fingerprint density at radius 3 is 2.23 bits per heavy atom.